The molecule has 0 spiro atoms. The molecular weight excluding hydrogens is 252 g/mol. The third-order valence-corrected chi connectivity index (χ3v) is 3.23. The van der Waals surface area contributed by atoms with Crippen LogP contribution in [0, 0.1) is 6.92 Å². The van der Waals surface area contributed by atoms with Gasteiger partial charge in [-0.2, -0.15) is 4.98 Å². The van der Waals surface area contributed by atoms with Gasteiger partial charge in [-0.15, -0.1) is 0 Å². The van der Waals surface area contributed by atoms with Gasteiger partial charge >= 0.3 is 0 Å². The van der Waals surface area contributed by atoms with Crippen LogP contribution >= 0.6 is 12.2 Å². The Hall–Kier alpha value is -1.06. The van der Waals surface area contributed by atoms with Gasteiger partial charge in [0.2, 0.25) is 15.9 Å². The number of rotatable bonds is 6. The molecule has 0 saturated carbocycles. The lowest BCUT2D eigenvalue weighted by Crippen LogP contribution is -2.33. The molecule has 0 fully saturated rings. The first-order chi connectivity index (χ1) is 7.39. The molecule has 0 atom stereocenters. The van der Waals surface area contributed by atoms with Crippen molar-refractivity contribution in [2.75, 3.05) is 12.3 Å². The number of sulfonamides is 1. The van der Waals surface area contributed by atoms with Gasteiger partial charge in [-0.1, -0.05) is 17.4 Å². The van der Waals surface area contributed by atoms with Gasteiger partial charge in [0.1, 0.15) is 5.75 Å². The first-order valence-corrected chi connectivity index (χ1v) is 6.50. The molecule has 1 rings (SSSR count). The molecule has 0 aliphatic carbocycles. The lowest BCUT2D eigenvalue weighted by molar-refractivity contribution is 0.387. The molecule has 0 saturated heterocycles. The lowest BCUT2D eigenvalue weighted by atomic mass is 10.4. The van der Waals surface area contributed by atoms with E-state index in [4.69, 9.17) is 10.3 Å². The Morgan fingerprint density at radius 1 is 1.62 bits per heavy atom. The zero-order valence-corrected chi connectivity index (χ0v) is 10.3. The van der Waals surface area contributed by atoms with E-state index in [-0.39, 0.29) is 17.3 Å². The minimum absolute atomic E-state index is 0.0668. The SMILES string of the molecule is Cc1nc(CCNS(=O)(=O)CC(N)=S)no1. The standard InChI is InChI=1S/C7H12N4O3S2/c1-5-10-7(11-14-5)2-3-9-16(12,13)4-6(8)15/h9H,2-4H2,1H3,(H2,8,15). The third-order valence-electron chi connectivity index (χ3n) is 1.57. The Labute approximate surface area is 98.5 Å². The predicted molar refractivity (Wildman–Crippen MR) is 61.3 cm³/mol. The van der Waals surface area contributed by atoms with Crippen LogP contribution in [0.15, 0.2) is 4.52 Å². The molecule has 0 aliphatic heterocycles. The zero-order valence-electron chi connectivity index (χ0n) is 8.63. The smallest absolute Gasteiger partial charge is 0.223 e. The number of nitrogens with zero attached hydrogens (tertiary/aromatic N) is 2. The molecule has 90 valence electrons. The normalized spacial score (nSPS) is 11.6. The van der Waals surface area contributed by atoms with E-state index in [0.29, 0.717) is 18.1 Å². The highest BCUT2D eigenvalue weighted by molar-refractivity contribution is 7.92. The summed E-state index contributed by atoms with van der Waals surface area (Å²) in [7, 11) is -3.45. The van der Waals surface area contributed by atoms with Crippen LogP contribution in [0.5, 0.6) is 0 Å². The summed E-state index contributed by atoms with van der Waals surface area (Å²) in [5.74, 6) is 0.546. The van der Waals surface area contributed by atoms with Crippen LogP contribution in [0.4, 0.5) is 0 Å². The van der Waals surface area contributed by atoms with Gasteiger partial charge in [-0.25, -0.2) is 13.1 Å². The van der Waals surface area contributed by atoms with Gasteiger partial charge in [0, 0.05) is 19.9 Å². The van der Waals surface area contributed by atoms with Gasteiger partial charge in [-0.3, -0.25) is 0 Å². The molecular formula is C7H12N4O3S2. The summed E-state index contributed by atoms with van der Waals surface area (Å²) in [4.78, 5) is 3.86. The average molecular weight is 264 g/mol. The minimum atomic E-state index is -3.45. The van der Waals surface area contributed by atoms with Crippen molar-refractivity contribution in [2.45, 2.75) is 13.3 Å². The maximum atomic E-state index is 11.3. The summed E-state index contributed by atoms with van der Waals surface area (Å²) in [6.07, 6.45) is 0.355. The van der Waals surface area contributed by atoms with Crippen LogP contribution in [0.1, 0.15) is 11.7 Å². The quantitative estimate of drug-likeness (QED) is 0.642. The number of aryl methyl sites for hydroxylation is 1. The largest absolute Gasteiger partial charge is 0.392 e. The van der Waals surface area contributed by atoms with Crippen molar-refractivity contribution in [2.24, 2.45) is 5.73 Å². The molecule has 0 radical (unpaired) electrons. The van der Waals surface area contributed by atoms with E-state index in [0.717, 1.165) is 0 Å². The lowest BCUT2D eigenvalue weighted by Gasteiger charge is -2.03. The molecule has 3 N–H and O–H groups in total. The van der Waals surface area contributed by atoms with E-state index in [9.17, 15) is 8.42 Å². The minimum Gasteiger partial charge on any atom is -0.392 e. The maximum absolute atomic E-state index is 11.3. The van der Waals surface area contributed by atoms with Gasteiger partial charge in [-0.05, 0) is 0 Å². The number of nitrogens with one attached hydrogen (secondary N) is 1. The van der Waals surface area contributed by atoms with Crippen molar-refractivity contribution < 1.29 is 12.9 Å². The van der Waals surface area contributed by atoms with Crippen molar-refractivity contribution >= 4 is 27.2 Å². The highest BCUT2D eigenvalue weighted by atomic mass is 32.2. The number of hydrogen-bond acceptors (Lipinski definition) is 6. The van der Waals surface area contributed by atoms with Crippen LogP contribution in [0.2, 0.25) is 0 Å². The van der Waals surface area contributed by atoms with Gasteiger partial charge in [0.15, 0.2) is 5.82 Å². The fourth-order valence-corrected chi connectivity index (χ4v) is 2.35. The maximum Gasteiger partial charge on any atom is 0.223 e. The fourth-order valence-electron chi connectivity index (χ4n) is 1.000. The molecule has 1 aromatic heterocycles. The van der Waals surface area contributed by atoms with E-state index < -0.39 is 10.0 Å². The third kappa shape index (κ3) is 4.64. The predicted octanol–water partition coefficient (Wildman–Crippen LogP) is -0.874. The first kappa shape index (κ1) is 13.0. The second kappa shape index (κ2) is 5.32. The van der Waals surface area contributed by atoms with Crippen LogP contribution < -0.4 is 10.5 Å². The van der Waals surface area contributed by atoms with Crippen molar-refractivity contribution in [1.29, 1.82) is 0 Å². The number of hydrogen-bond donors (Lipinski definition) is 2. The van der Waals surface area contributed by atoms with Gasteiger partial charge in [0.05, 0.1) is 4.99 Å². The average Bonchev–Trinajstić information content (AvgIpc) is 2.48. The van der Waals surface area contributed by atoms with Crippen LogP contribution in [-0.2, 0) is 16.4 Å². The molecule has 1 aromatic rings. The first-order valence-electron chi connectivity index (χ1n) is 4.44. The van der Waals surface area contributed by atoms with E-state index in [1.807, 2.05) is 0 Å². The van der Waals surface area contributed by atoms with Crippen molar-refractivity contribution in [1.82, 2.24) is 14.9 Å². The molecule has 9 heteroatoms. The van der Waals surface area contributed by atoms with Crippen molar-refractivity contribution in [3.63, 3.8) is 0 Å². The Kier molecular flexibility index (Phi) is 4.33. The second-order valence-corrected chi connectivity index (χ2v) is 5.43. The van der Waals surface area contributed by atoms with Crippen LogP contribution in [0.3, 0.4) is 0 Å². The summed E-state index contributed by atoms with van der Waals surface area (Å²) >= 11 is 4.51. The van der Waals surface area contributed by atoms with E-state index >= 15 is 0 Å². The monoisotopic (exact) mass is 264 g/mol. The topological polar surface area (TPSA) is 111 Å². The Morgan fingerprint density at radius 3 is 2.81 bits per heavy atom. The highest BCUT2D eigenvalue weighted by Crippen LogP contribution is 1.95. The fraction of sp³-hybridized carbons (Fsp3) is 0.571. The van der Waals surface area contributed by atoms with E-state index in [2.05, 4.69) is 27.1 Å². The molecule has 1 heterocycles. The summed E-state index contributed by atoms with van der Waals surface area (Å²) in [6.45, 7) is 1.84. The van der Waals surface area contributed by atoms with Crippen LogP contribution in [-0.4, -0.2) is 35.8 Å². The number of aromatic nitrogens is 2. The van der Waals surface area contributed by atoms with Gasteiger partial charge in [0.25, 0.3) is 0 Å². The molecule has 0 aliphatic rings. The van der Waals surface area contributed by atoms with Gasteiger partial charge < -0.3 is 10.3 Å². The molecule has 0 bridgehead atoms. The Balaban J connectivity index is 2.38. The Morgan fingerprint density at radius 2 is 2.31 bits per heavy atom. The Bertz CT molecular complexity index is 468. The summed E-state index contributed by atoms with van der Waals surface area (Å²) in [6, 6.07) is 0. The molecule has 7 nitrogen and oxygen atoms in total. The summed E-state index contributed by atoms with van der Waals surface area (Å²) < 4.78 is 29.7. The highest BCUT2D eigenvalue weighted by Gasteiger charge is 2.11. The molecule has 16 heavy (non-hydrogen) atoms. The van der Waals surface area contributed by atoms with Crippen molar-refractivity contribution in [3.05, 3.63) is 11.7 Å². The summed E-state index contributed by atoms with van der Waals surface area (Å²) in [5, 5.41) is 3.62. The van der Waals surface area contributed by atoms with E-state index in [1.54, 1.807) is 6.92 Å². The van der Waals surface area contributed by atoms with Crippen molar-refractivity contribution in [3.8, 4) is 0 Å². The van der Waals surface area contributed by atoms with E-state index in [1.165, 1.54) is 0 Å². The zero-order chi connectivity index (χ0) is 12.2. The molecule has 0 aromatic carbocycles. The number of thiocarbonyl (C=S) groups is 1. The molecule has 0 unspecified atom stereocenters. The number of nitrogens with two attached hydrogens (primary N) is 1. The molecule has 0 amide bonds. The van der Waals surface area contributed by atoms with Crippen LogP contribution in [0.25, 0.3) is 0 Å². The summed E-state index contributed by atoms with van der Waals surface area (Å²) in [5.41, 5.74) is 5.14. The second-order valence-electron chi connectivity index (χ2n) is 3.10.